The molecule has 7 heteroatoms. The van der Waals surface area contributed by atoms with Crippen LogP contribution in [0.3, 0.4) is 0 Å². The van der Waals surface area contributed by atoms with Crippen molar-refractivity contribution >= 4 is 62.3 Å². The second-order valence-corrected chi connectivity index (χ2v) is 10.6. The molecule has 3 amide bonds. The molecule has 0 radical (unpaired) electrons. The van der Waals surface area contributed by atoms with Crippen LogP contribution in [0.15, 0.2) is 102 Å². The van der Waals surface area contributed by atoms with Crippen molar-refractivity contribution in [3.05, 3.63) is 119 Å². The Labute approximate surface area is 229 Å². The molecule has 1 aliphatic rings. The van der Waals surface area contributed by atoms with Gasteiger partial charge in [0.2, 0.25) is 5.91 Å². The molecule has 1 aliphatic heterocycles. The van der Waals surface area contributed by atoms with Gasteiger partial charge in [0.05, 0.1) is 4.91 Å². The predicted octanol–water partition coefficient (Wildman–Crippen LogP) is 6.83. The van der Waals surface area contributed by atoms with Crippen LogP contribution in [-0.2, 0) is 16.1 Å². The molecule has 0 bridgehead atoms. The zero-order valence-electron chi connectivity index (χ0n) is 21.3. The fourth-order valence-corrected chi connectivity index (χ4v) is 5.69. The number of carbonyl (C=O) groups excluding carboxylic acids is 3. The maximum atomic E-state index is 13.2. The Balaban J connectivity index is 1.23. The monoisotopic (exact) mass is 531 g/mol. The first-order valence-corrected chi connectivity index (χ1v) is 13.4. The Morgan fingerprint density at radius 3 is 2.41 bits per heavy atom. The van der Waals surface area contributed by atoms with Crippen LogP contribution >= 0.6 is 11.8 Å². The maximum absolute atomic E-state index is 13.2. The van der Waals surface area contributed by atoms with Gasteiger partial charge in [-0.2, -0.15) is 0 Å². The number of nitrogens with zero attached hydrogens (tertiary/aromatic N) is 2. The summed E-state index contributed by atoms with van der Waals surface area (Å²) in [7, 11) is 0. The van der Waals surface area contributed by atoms with E-state index in [2.05, 4.69) is 41.1 Å². The van der Waals surface area contributed by atoms with Crippen LogP contribution in [0.1, 0.15) is 16.7 Å². The summed E-state index contributed by atoms with van der Waals surface area (Å²) >= 11 is 0.860. The molecule has 39 heavy (non-hydrogen) atoms. The molecule has 5 aromatic rings. The number of fused-ring (bicyclic) bond motifs is 2. The van der Waals surface area contributed by atoms with Crippen molar-refractivity contribution in [1.29, 1.82) is 0 Å². The Morgan fingerprint density at radius 1 is 0.872 bits per heavy atom. The largest absolute Gasteiger partial charge is 0.342 e. The molecule has 0 aliphatic carbocycles. The zero-order valence-corrected chi connectivity index (χ0v) is 22.1. The summed E-state index contributed by atoms with van der Waals surface area (Å²) in [5.41, 5.74) is 4.91. The third kappa shape index (κ3) is 4.96. The van der Waals surface area contributed by atoms with Crippen molar-refractivity contribution < 1.29 is 14.4 Å². The number of hydrogen-bond acceptors (Lipinski definition) is 4. The minimum Gasteiger partial charge on any atom is -0.342 e. The van der Waals surface area contributed by atoms with E-state index in [0.29, 0.717) is 17.1 Å². The van der Waals surface area contributed by atoms with Crippen LogP contribution in [0.2, 0.25) is 0 Å². The number of anilines is 1. The van der Waals surface area contributed by atoms with E-state index >= 15 is 0 Å². The van der Waals surface area contributed by atoms with Gasteiger partial charge in [0.25, 0.3) is 11.1 Å². The summed E-state index contributed by atoms with van der Waals surface area (Å²) in [6.07, 6.45) is 3.76. The molecule has 1 fully saturated rings. The first kappa shape index (κ1) is 24.7. The van der Waals surface area contributed by atoms with Crippen LogP contribution < -0.4 is 5.32 Å². The van der Waals surface area contributed by atoms with Crippen LogP contribution in [0.5, 0.6) is 0 Å². The van der Waals surface area contributed by atoms with Gasteiger partial charge in [0.15, 0.2) is 0 Å². The lowest BCUT2D eigenvalue weighted by molar-refractivity contribution is -0.127. The number of rotatable bonds is 6. The number of amides is 3. The van der Waals surface area contributed by atoms with E-state index in [-0.39, 0.29) is 6.54 Å². The number of thioether (sulfide) groups is 1. The summed E-state index contributed by atoms with van der Waals surface area (Å²) in [5.74, 6) is -0.891. The smallest absolute Gasteiger partial charge is 0.294 e. The number of imide groups is 1. The molecule has 1 N–H and O–H groups in total. The van der Waals surface area contributed by atoms with Gasteiger partial charge in [-0.25, -0.2) is 0 Å². The van der Waals surface area contributed by atoms with Crippen molar-refractivity contribution in [3.8, 4) is 0 Å². The highest BCUT2D eigenvalue weighted by molar-refractivity contribution is 8.18. The number of aromatic nitrogens is 1. The molecule has 192 valence electrons. The number of para-hydroxylation sites is 1. The van der Waals surface area contributed by atoms with E-state index in [9.17, 15) is 14.4 Å². The minimum atomic E-state index is -0.464. The first-order chi connectivity index (χ1) is 19.0. The quantitative estimate of drug-likeness (QED) is 0.244. The van der Waals surface area contributed by atoms with Crippen LogP contribution in [0.4, 0.5) is 10.5 Å². The Bertz CT molecular complexity index is 1780. The van der Waals surface area contributed by atoms with Gasteiger partial charge in [-0.15, -0.1) is 0 Å². The van der Waals surface area contributed by atoms with Crippen molar-refractivity contribution in [2.75, 3.05) is 11.9 Å². The first-order valence-electron chi connectivity index (χ1n) is 12.6. The van der Waals surface area contributed by atoms with Gasteiger partial charge in [-0.3, -0.25) is 19.3 Å². The van der Waals surface area contributed by atoms with Gasteiger partial charge in [0.1, 0.15) is 6.54 Å². The summed E-state index contributed by atoms with van der Waals surface area (Å²) in [4.78, 5) is 40.1. The normalized spacial score (nSPS) is 14.6. The SMILES string of the molecule is Cc1ccc(Cn2cc(/C=C3\SC(=O)N(CC(=O)Nc4cccc5ccccc45)C3=O)c3ccccc32)cc1. The van der Waals surface area contributed by atoms with Crippen LogP contribution in [0.25, 0.3) is 27.8 Å². The zero-order chi connectivity index (χ0) is 26.9. The third-order valence-corrected chi connectivity index (χ3v) is 7.73. The Hall–Kier alpha value is -4.62. The molecule has 0 saturated carbocycles. The van der Waals surface area contributed by atoms with Gasteiger partial charge < -0.3 is 9.88 Å². The molecular weight excluding hydrogens is 506 g/mol. The summed E-state index contributed by atoms with van der Waals surface area (Å²) < 4.78 is 2.15. The van der Waals surface area contributed by atoms with Crippen LogP contribution in [-0.4, -0.2) is 33.1 Å². The molecule has 6 nitrogen and oxygen atoms in total. The van der Waals surface area contributed by atoms with Gasteiger partial charge in [-0.1, -0.05) is 84.4 Å². The number of nitrogens with one attached hydrogen (secondary N) is 1. The molecular formula is C32H25N3O3S. The van der Waals surface area contributed by atoms with Crippen molar-refractivity contribution in [2.24, 2.45) is 0 Å². The molecule has 1 saturated heterocycles. The highest BCUT2D eigenvalue weighted by atomic mass is 32.2. The summed E-state index contributed by atoms with van der Waals surface area (Å²) in [6, 6.07) is 29.7. The molecule has 4 aromatic carbocycles. The van der Waals surface area contributed by atoms with Gasteiger partial charge in [0, 0.05) is 40.3 Å². The lowest BCUT2D eigenvalue weighted by atomic mass is 10.1. The van der Waals surface area contributed by atoms with Gasteiger partial charge >= 0.3 is 0 Å². The maximum Gasteiger partial charge on any atom is 0.294 e. The fraction of sp³-hybridized carbons (Fsp3) is 0.0938. The Kier molecular flexibility index (Phi) is 6.50. The van der Waals surface area contributed by atoms with Crippen molar-refractivity contribution in [1.82, 2.24) is 9.47 Å². The molecule has 0 unspecified atom stereocenters. The predicted molar refractivity (Wildman–Crippen MR) is 157 cm³/mol. The average molecular weight is 532 g/mol. The molecule has 0 atom stereocenters. The van der Waals surface area contributed by atoms with E-state index in [1.54, 1.807) is 12.1 Å². The average Bonchev–Trinajstić information content (AvgIpc) is 3.42. The standard InChI is InChI=1S/C32H25N3O3S/c1-21-13-15-22(16-14-21)18-34-19-24(26-10-4-5-12-28(26)34)17-29-31(37)35(32(38)39-29)20-30(36)33-27-11-6-8-23-7-2-3-9-25(23)27/h2-17,19H,18,20H2,1H3,(H,33,36)/b29-17-. The fourth-order valence-electron chi connectivity index (χ4n) is 4.86. The Morgan fingerprint density at radius 2 is 1.59 bits per heavy atom. The summed E-state index contributed by atoms with van der Waals surface area (Å²) in [6.45, 7) is 2.40. The number of benzene rings is 4. The number of hydrogen-bond donors (Lipinski definition) is 1. The van der Waals surface area contributed by atoms with E-state index in [1.807, 2.05) is 66.9 Å². The lowest BCUT2D eigenvalue weighted by Crippen LogP contribution is -2.36. The van der Waals surface area contributed by atoms with Crippen molar-refractivity contribution in [3.63, 3.8) is 0 Å². The molecule has 1 aromatic heterocycles. The molecule has 2 heterocycles. The second kappa shape index (κ2) is 10.3. The number of carbonyl (C=O) groups is 3. The van der Waals surface area contributed by atoms with E-state index in [0.717, 1.165) is 43.9 Å². The third-order valence-electron chi connectivity index (χ3n) is 6.82. The van der Waals surface area contributed by atoms with E-state index < -0.39 is 17.1 Å². The highest BCUT2D eigenvalue weighted by Gasteiger charge is 2.36. The minimum absolute atomic E-state index is 0.302. The van der Waals surface area contributed by atoms with Gasteiger partial charge in [-0.05, 0) is 47.8 Å². The second-order valence-electron chi connectivity index (χ2n) is 9.56. The van der Waals surface area contributed by atoms with Crippen molar-refractivity contribution in [2.45, 2.75) is 13.5 Å². The highest BCUT2D eigenvalue weighted by Crippen LogP contribution is 2.34. The van der Waals surface area contributed by atoms with Crippen LogP contribution in [0, 0.1) is 6.92 Å². The summed E-state index contributed by atoms with van der Waals surface area (Å²) in [5, 5.41) is 5.27. The molecule has 6 rings (SSSR count). The van der Waals surface area contributed by atoms with E-state index in [4.69, 9.17) is 0 Å². The topological polar surface area (TPSA) is 71.4 Å². The molecule has 0 spiro atoms. The lowest BCUT2D eigenvalue weighted by Gasteiger charge is -2.13. The number of aryl methyl sites for hydroxylation is 1. The van der Waals surface area contributed by atoms with E-state index in [1.165, 1.54) is 11.1 Å².